The monoisotopic (exact) mass is 235 g/mol. The number of ether oxygens (including phenoxy) is 1. The first kappa shape index (κ1) is 15.4. The van der Waals surface area contributed by atoms with Gasteiger partial charge in [-0.05, 0) is 33.6 Å². The molecule has 0 amide bonds. The summed E-state index contributed by atoms with van der Waals surface area (Å²) in [5, 5.41) is 9.23. The zero-order chi connectivity index (χ0) is 13.5. The van der Waals surface area contributed by atoms with E-state index in [0.717, 1.165) is 0 Å². The van der Waals surface area contributed by atoms with E-state index >= 15 is 0 Å². The maximum atomic E-state index is 12.0. The molecule has 0 bridgehead atoms. The van der Waals surface area contributed by atoms with Crippen LogP contribution < -0.4 is 0 Å². The minimum absolute atomic E-state index is 0.348. The highest BCUT2D eigenvalue weighted by Gasteiger charge is 2.39. The van der Waals surface area contributed by atoms with Crippen molar-refractivity contribution in [1.82, 2.24) is 0 Å². The second-order valence-electron chi connectivity index (χ2n) is 4.92. The first-order chi connectivity index (χ1) is 7.81. The van der Waals surface area contributed by atoms with Crippen LogP contribution in [-0.2, 0) is 9.53 Å². The summed E-state index contributed by atoms with van der Waals surface area (Å²) in [6.45, 7) is 10.7. The predicted molar refractivity (Wildman–Crippen MR) is 68.1 cm³/mol. The molecule has 0 saturated carbocycles. The van der Waals surface area contributed by atoms with Gasteiger partial charge in [-0.25, -0.2) is 0 Å². The van der Waals surface area contributed by atoms with Crippen LogP contribution >= 0.6 is 0 Å². The summed E-state index contributed by atoms with van der Waals surface area (Å²) in [6.07, 6.45) is 5.89. The molecule has 0 aromatic carbocycles. The molecule has 0 radical (unpaired) electrons. The molecule has 0 rings (SSSR count). The van der Waals surface area contributed by atoms with E-state index in [1.54, 1.807) is 39.0 Å². The quantitative estimate of drug-likeness (QED) is 0.542. The Morgan fingerprint density at radius 3 is 2.41 bits per heavy atom. The van der Waals surface area contributed by atoms with Crippen LogP contribution in [0.15, 0.2) is 24.8 Å². The van der Waals surface area contributed by atoms with E-state index in [2.05, 4.69) is 12.6 Å². The Kier molecular flexibility index (Phi) is 5.67. The van der Waals surface area contributed by atoms with Crippen LogP contribution in [0.25, 0.3) is 0 Å². The summed E-state index contributed by atoms with van der Waals surface area (Å²) in [7, 11) is 0. The standard InChI is InChI=1S/C14H21NO2/c1-6-8-9-10-14(7-2,11-15)12(16)17-13(3,4)5/h6,8-9H,1,7,10H2,2-5H3/b9-8+. The molecule has 94 valence electrons. The zero-order valence-corrected chi connectivity index (χ0v) is 11.1. The molecular formula is C14H21NO2. The molecule has 0 aliphatic carbocycles. The Morgan fingerprint density at radius 2 is 2.06 bits per heavy atom. The van der Waals surface area contributed by atoms with Gasteiger partial charge in [0.1, 0.15) is 5.60 Å². The van der Waals surface area contributed by atoms with Crippen molar-refractivity contribution < 1.29 is 9.53 Å². The number of hydrogen-bond acceptors (Lipinski definition) is 3. The van der Waals surface area contributed by atoms with Crippen molar-refractivity contribution in [3.05, 3.63) is 24.8 Å². The summed E-state index contributed by atoms with van der Waals surface area (Å²) in [5.41, 5.74) is -1.66. The molecule has 0 heterocycles. The summed E-state index contributed by atoms with van der Waals surface area (Å²) >= 11 is 0. The van der Waals surface area contributed by atoms with Crippen molar-refractivity contribution in [1.29, 1.82) is 5.26 Å². The topological polar surface area (TPSA) is 50.1 Å². The van der Waals surface area contributed by atoms with E-state index < -0.39 is 17.0 Å². The third-order valence-electron chi connectivity index (χ3n) is 2.35. The van der Waals surface area contributed by atoms with Gasteiger partial charge in [0.25, 0.3) is 0 Å². The Morgan fingerprint density at radius 1 is 1.47 bits per heavy atom. The summed E-state index contributed by atoms with van der Waals surface area (Å²) in [4.78, 5) is 12.0. The van der Waals surface area contributed by atoms with Gasteiger partial charge in [0.2, 0.25) is 0 Å². The number of allylic oxidation sites excluding steroid dienone is 3. The molecule has 0 aliphatic rings. The molecule has 3 nitrogen and oxygen atoms in total. The lowest BCUT2D eigenvalue weighted by Gasteiger charge is -2.27. The SMILES string of the molecule is C=C/C=C/CC(C#N)(CC)C(=O)OC(C)(C)C. The third-order valence-corrected chi connectivity index (χ3v) is 2.35. The molecule has 3 heteroatoms. The fraction of sp³-hybridized carbons (Fsp3) is 0.571. The van der Waals surface area contributed by atoms with Gasteiger partial charge >= 0.3 is 5.97 Å². The Labute approximate surface area is 104 Å². The molecular weight excluding hydrogens is 214 g/mol. The minimum atomic E-state index is -1.09. The highest BCUT2D eigenvalue weighted by atomic mass is 16.6. The molecule has 0 spiro atoms. The van der Waals surface area contributed by atoms with Crippen LogP contribution in [0.1, 0.15) is 40.5 Å². The number of hydrogen-bond donors (Lipinski definition) is 0. The molecule has 0 aromatic rings. The maximum absolute atomic E-state index is 12.0. The van der Waals surface area contributed by atoms with Gasteiger partial charge in [0, 0.05) is 0 Å². The molecule has 0 N–H and O–H groups in total. The Bertz CT molecular complexity index is 344. The highest BCUT2D eigenvalue weighted by molar-refractivity contribution is 5.80. The van der Waals surface area contributed by atoms with Crippen molar-refractivity contribution in [3.8, 4) is 6.07 Å². The number of carbonyl (C=O) groups excluding carboxylic acids is 1. The lowest BCUT2D eigenvalue weighted by molar-refractivity contribution is -0.164. The first-order valence-electron chi connectivity index (χ1n) is 5.73. The lowest BCUT2D eigenvalue weighted by atomic mass is 9.83. The van der Waals surface area contributed by atoms with E-state index in [4.69, 9.17) is 4.74 Å². The summed E-state index contributed by atoms with van der Waals surface area (Å²) < 4.78 is 5.29. The normalized spacial score (nSPS) is 15.0. The van der Waals surface area contributed by atoms with Crippen molar-refractivity contribution >= 4 is 5.97 Å². The number of carbonyl (C=O) groups is 1. The van der Waals surface area contributed by atoms with Crippen molar-refractivity contribution in [2.75, 3.05) is 0 Å². The molecule has 0 aromatic heterocycles. The molecule has 0 saturated heterocycles. The average Bonchev–Trinajstić information content (AvgIpc) is 2.22. The van der Waals surface area contributed by atoms with Crippen LogP contribution in [0.4, 0.5) is 0 Å². The van der Waals surface area contributed by atoms with Gasteiger partial charge in [-0.3, -0.25) is 4.79 Å². The number of nitrogens with zero attached hydrogens (tertiary/aromatic N) is 1. The van der Waals surface area contributed by atoms with Crippen LogP contribution in [0.2, 0.25) is 0 Å². The van der Waals surface area contributed by atoms with Gasteiger partial charge in [0.15, 0.2) is 5.41 Å². The Balaban J connectivity index is 4.95. The average molecular weight is 235 g/mol. The van der Waals surface area contributed by atoms with Crippen LogP contribution in [0.5, 0.6) is 0 Å². The van der Waals surface area contributed by atoms with Gasteiger partial charge in [-0.2, -0.15) is 5.26 Å². The van der Waals surface area contributed by atoms with E-state index in [-0.39, 0.29) is 0 Å². The molecule has 1 unspecified atom stereocenters. The van der Waals surface area contributed by atoms with E-state index in [9.17, 15) is 10.1 Å². The first-order valence-corrected chi connectivity index (χ1v) is 5.73. The zero-order valence-electron chi connectivity index (χ0n) is 11.1. The summed E-state index contributed by atoms with van der Waals surface area (Å²) in [6, 6.07) is 2.09. The van der Waals surface area contributed by atoms with Crippen molar-refractivity contribution in [3.63, 3.8) is 0 Å². The van der Waals surface area contributed by atoms with Gasteiger partial charge < -0.3 is 4.74 Å². The maximum Gasteiger partial charge on any atom is 0.327 e. The summed E-state index contributed by atoms with van der Waals surface area (Å²) in [5.74, 6) is -0.455. The molecule has 0 aliphatic heterocycles. The third kappa shape index (κ3) is 4.86. The highest BCUT2D eigenvalue weighted by Crippen LogP contribution is 2.30. The van der Waals surface area contributed by atoms with Crippen LogP contribution in [0.3, 0.4) is 0 Å². The largest absolute Gasteiger partial charge is 0.459 e. The van der Waals surface area contributed by atoms with E-state index in [1.807, 2.05) is 6.92 Å². The number of nitriles is 1. The van der Waals surface area contributed by atoms with Gasteiger partial charge in [-0.15, -0.1) is 0 Å². The van der Waals surface area contributed by atoms with Gasteiger partial charge in [-0.1, -0.05) is 31.7 Å². The molecule has 17 heavy (non-hydrogen) atoms. The van der Waals surface area contributed by atoms with Crippen LogP contribution in [0, 0.1) is 16.7 Å². The number of esters is 1. The predicted octanol–water partition coefficient (Wildman–Crippen LogP) is 3.38. The Hall–Kier alpha value is -1.56. The van der Waals surface area contributed by atoms with Gasteiger partial charge in [0.05, 0.1) is 6.07 Å². The van der Waals surface area contributed by atoms with E-state index in [0.29, 0.717) is 12.8 Å². The van der Waals surface area contributed by atoms with Crippen molar-refractivity contribution in [2.24, 2.45) is 5.41 Å². The van der Waals surface area contributed by atoms with E-state index in [1.165, 1.54) is 0 Å². The fourth-order valence-corrected chi connectivity index (χ4v) is 1.28. The van der Waals surface area contributed by atoms with Crippen molar-refractivity contribution in [2.45, 2.75) is 46.1 Å². The lowest BCUT2D eigenvalue weighted by Crippen LogP contribution is -2.36. The second-order valence-corrected chi connectivity index (χ2v) is 4.92. The second kappa shape index (κ2) is 6.24. The minimum Gasteiger partial charge on any atom is -0.459 e. The van der Waals surface area contributed by atoms with Crippen LogP contribution in [-0.4, -0.2) is 11.6 Å². The molecule has 1 atom stereocenters. The number of rotatable bonds is 5. The molecule has 0 fully saturated rings. The fourth-order valence-electron chi connectivity index (χ4n) is 1.28. The smallest absolute Gasteiger partial charge is 0.327 e.